The number of hydrogen-bond donors (Lipinski definition) is 1. The van der Waals surface area contributed by atoms with E-state index < -0.39 is 0 Å². The minimum absolute atomic E-state index is 0.515. The van der Waals surface area contributed by atoms with Gasteiger partial charge in [0.2, 0.25) is 0 Å². The third kappa shape index (κ3) is 2.43. The van der Waals surface area contributed by atoms with E-state index in [0.29, 0.717) is 6.04 Å². The molecular weight excluding hydrogens is 196 g/mol. The lowest BCUT2D eigenvalue weighted by Crippen LogP contribution is -2.27. The molecule has 1 fully saturated rings. The molecule has 0 radical (unpaired) electrons. The number of pyridine rings is 1. The van der Waals surface area contributed by atoms with Crippen molar-refractivity contribution in [1.29, 1.82) is 0 Å². The van der Waals surface area contributed by atoms with Crippen molar-refractivity contribution in [3.63, 3.8) is 0 Å². The summed E-state index contributed by atoms with van der Waals surface area (Å²) in [6, 6.07) is 2.63. The first kappa shape index (κ1) is 11.6. The van der Waals surface area contributed by atoms with E-state index in [2.05, 4.69) is 30.2 Å². The topological polar surface area (TPSA) is 24.9 Å². The molecule has 1 heterocycles. The number of nitrogens with one attached hydrogen (secondary N) is 1. The van der Waals surface area contributed by atoms with Gasteiger partial charge >= 0.3 is 0 Å². The molecule has 0 aromatic carbocycles. The standard InChI is InChI=1S/C14H22N2/c1-3-16-14(12-6-4-5-7-12)13-10-15-9-8-11(13)2/h8-10,12,14,16H,3-7H2,1-2H3. The first-order chi connectivity index (χ1) is 7.83. The minimum atomic E-state index is 0.515. The van der Waals surface area contributed by atoms with Crippen LogP contribution >= 0.6 is 0 Å². The summed E-state index contributed by atoms with van der Waals surface area (Å²) in [7, 11) is 0. The maximum absolute atomic E-state index is 4.28. The van der Waals surface area contributed by atoms with E-state index in [9.17, 15) is 0 Å². The van der Waals surface area contributed by atoms with E-state index in [4.69, 9.17) is 0 Å². The Morgan fingerprint density at radius 2 is 2.19 bits per heavy atom. The Kier molecular flexibility index (Phi) is 3.94. The molecule has 0 bridgehead atoms. The van der Waals surface area contributed by atoms with Crippen molar-refractivity contribution in [1.82, 2.24) is 10.3 Å². The Balaban J connectivity index is 2.21. The number of rotatable bonds is 4. The van der Waals surface area contributed by atoms with Gasteiger partial charge in [-0.2, -0.15) is 0 Å². The molecule has 0 saturated heterocycles. The molecule has 1 aromatic heterocycles. The van der Waals surface area contributed by atoms with Gasteiger partial charge in [-0.25, -0.2) is 0 Å². The van der Waals surface area contributed by atoms with Gasteiger partial charge in [0.05, 0.1) is 0 Å². The van der Waals surface area contributed by atoms with Crippen molar-refractivity contribution < 1.29 is 0 Å². The van der Waals surface area contributed by atoms with Gasteiger partial charge in [0.1, 0.15) is 0 Å². The number of aromatic nitrogens is 1. The van der Waals surface area contributed by atoms with Crippen LogP contribution in [0.3, 0.4) is 0 Å². The van der Waals surface area contributed by atoms with Crippen molar-refractivity contribution in [2.24, 2.45) is 5.92 Å². The van der Waals surface area contributed by atoms with E-state index >= 15 is 0 Å². The van der Waals surface area contributed by atoms with E-state index in [1.54, 1.807) is 0 Å². The predicted molar refractivity (Wildman–Crippen MR) is 67.3 cm³/mol. The smallest absolute Gasteiger partial charge is 0.0366 e. The second-order valence-corrected chi connectivity index (χ2v) is 4.81. The fourth-order valence-electron chi connectivity index (χ4n) is 2.84. The maximum Gasteiger partial charge on any atom is 0.0366 e. The molecule has 1 aliphatic carbocycles. The van der Waals surface area contributed by atoms with Crippen LogP contribution in [-0.4, -0.2) is 11.5 Å². The summed E-state index contributed by atoms with van der Waals surface area (Å²) in [6.45, 7) is 5.42. The van der Waals surface area contributed by atoms with Crippen molar-refractivity contribution in [3.8, 4) is 0 Å². The van der Waals surface area contributed by atoms with Gasteiger partial charge in [0, 0.05) is 18.4 Å². The highest BCUT2D eigenvalue weighted by Gasteiger charge is 2.26. The molecule has 1 unspecified atom stereocenters. The van der Waals surface area contributed by atoms with Crippen molar-refractivity contribution >= 4 is 0 Å². The van der Waals surface area contributed by atoms with Crippen LogP contribution in [-0.2, 0) is 0 Å². The Bertz CT molecular complexity index is 329. The molecule has 0 spiro atoms. The first-order valence-electron chi connectivity index (χ1n) is 6.46. The number of aryl methyl sites for hydroxylation is 1. The van der Waals surface area contributed by atoms with Gasteiger partial charge in [-0.1, -0.05) is 19.8 Å². The lowest BCUT2D eigenvalue weighted by molar-refractivity contribution is 0.372. The first-order valence-corrected chi connectivity index (χ1v) is 6.46. The molecule has 2 rings (SSSR count). The van der Waals surface area contributed by atoms with E-state index in [0.717, 1.165) is 12.5 Å². The molecule has 1 saturated carbocycles. The van der Waals surface area contributed by atoms with Crippen molar-refractivity contribution in [3.05, 3.63) is 29.6 Å². The van der Waals surface area contributed by atoms with Crippen LogP contribution in [0.1, 0.15) is 49.8 Å². The highest BCUT2D eigenvalue weighted by molar-refractivity contribution is 5.26. The molecule has 1 aromatic rings. The number of hydrogen-bond acceptors (Lipinski definition) is 2. The summed E-state index contributed by atoms with van der Waals surface area (Å²) in [4.78, 5) is 4.28. The van der Waals surface area contributed by atoms with Crippen molar-refractivity contribution in [2.75, 3.05) is 6.54 Å². The van der Waals surface area contributed by atoms with Crippen LogP contribution in [0.15, 0.2) is 18.5 Å². The van der Waals surface area contributed by atoms with Gasteiger partial charge in [0.15, 0.2) is 0 Å². The van der Waals surface area contributed by atoms with E-state index in [1.165, 1.54) is 36.8 Å². The minimum Gasteiger partial charge on any atom is -0.310 e. The Hall–Kier alpha value is -0.890. The lowest BCUT2D eigenvalue weighted by Gasteiger charge is -2.25. The molecular formula is C14H22N2. The normalized spacial score (nSPS) is 18.9. The second-order valence-electron chi connectivity index (χ2n) is 4.81. The monoisotopic (exact) mass is 218 g/mol. The highest BCUT2D eigenvalue weighted by atomic mass is 14.9. The van der Waals surface area contributed by atoms with Crippen LogP contribution in [0, 0.1) is 12.8 Å². The average molecular weight is 218 g/mol. The van der Waals surface area contributed by atoms with Crippen LogP contribution in [0.2, 0.25) is 0 Å². The molecule has 0 amide bonds. The molecule has 1 N–H and O–H groups in total. The molecule has 1 aliphatic rings. The molecule has 1 atom stereocenters. The van der Waals surface area contributed by atoms with Crippen LogP contribution in [0.4, 0.5) is 0 Å². The van der Waals surface area contributed by atoms with Gasteiger partial charge in [-0.3, -0.25) is 4.98 Å². The summed E-state index contributed by atoms with van der Waals surface area (Å²) in [5.74, 6) is 0.808. The Morgan fingerprint density at radius 1 is 1.44 bits per heavy atom. The summed E-state index contributed by atoms with van der Waals surface area (Å²) >= 11 is 0. The fraction of sp³-hybridized carbons (Fsp3) is 0.643. The SMILES string of the molecule is CCNC(c1cnccc1C)C1CCCC1. The molecule has 16 heavy (non-hydrogen) atoms. The molecule has 88 valence electrons. The zero-order valence-electron chi connectivity index (χ0n) is 10.4. The zero-order valence-corrected chi connectivity index (χ0v) is 10.4. The summed E-state index contributed by atoms with van der Waals surface area (Å²) in [6.07, 6.45) is 9.45. The molecule has 2 nitrogen and oxygen atoms in total. The third-order valence-corrected chi connectivity index (χ3v) is 3.71. The van der Waals surface area contributed by atoms with Gasteiger partial charge in [0.25, 0.3) is 0 Å². The van der Waals surface area contributed by atoms with Crippen LogP contribution in [0.5, 0.6) is 0 Å². The maximum atomic E-state index is 4.28. The quantitative estimate of drug-likeness (QED) is 0.839. The lowest BCUT2D eigenvalue weighted by atomic mass is 9.90. The summed E-state index contributed by atoms with van der Waals surface area (Å²) in [5.41, 5.74) is 2.77. The van der Waals surface area contributed by atoms with Gasteiger partial charge in [-0.15, -0.1) is 0 Å². The molecule has 2 heteroatoms. The molecule has 0 aliphatic heterocycles. The average Bonchev–Trinajstić information content (AvgIpc) is 2.80. The van der Waals surface area contributed by atoms with E-state index in [1.807, 2.05) is 12.4 Å². The predicted octanol–water partition coefficient (Wildman–Crippen LogP) is 3.23. The third-order valence-electron chi connectivity index (χ3n) is 3.71. The van der Waals surface area contributed by atoms with Gasteiger partial charge in [-0.05, 0) is 49.4 Å². The van der Waals surface area contributed by atoms with E-state index in [-0.39, 0.29) is 0 Å². The second kappa shape index (κ2) is 5.44. The summed E-state index contributed by atoms with van der Waals surface area (Å²) < 4.78 is 0. The largest absolute Gasteiger partial charge is 0.310 e. The van der Waals surface area contributed by atoms with Crippen molar-refractivity contribution in [2.45, 2.75) is 45.6 Å². The summed E-state index contributed by atoms with van der Waals surface area (Å²) in [5, 5.41) is 3.64. The van der Waals surface area contributed by atoms with Gasteiger partial charge < -0.3 is 5.32 Å². The number of nitrogens with zero attached hydrogens (tertiary/aromatic N) is 1. The Morgan fingerprint density at radius 3 is 2.81 bits per heavy atom. The van der Waals surface area contributed by atoms with Crippen LogP contribution < -0.4 is 5.32 Å². The zero-order chi connectivity index (χ0) is 11.4. The van der Waals surface area contributed by atoms with Crippen LogP contribution in [0.25, 0.3) is 0 Å². The fourth-order valence-corrected chi connectivity index (χ4v) is 2.84. The highest BCUT2D eigenvalue weighted by Crippen LogP contribution is 2.36. The Labute approximate surface area is 98.5 Å².